The van der Waals surface area contributed by atoms with E-state index in [2.05, 4.69) is 27.7 Å². The van der Waals surface area contributed by atoms with Crippen molar-refractivity contribution in [2.45, 2.75) is 12.5 Å². The fraction of sp³-hybridized carbons (Fsp3) is 0.500. The summed E-state index contributed by atoms with van der Waals surface area (Å²) < 4.78 is 0. The zero-order valence-corrected chi connectivity index (χ0v) is 11.7. The fourth-order valence-electron chi connectivity index (χ4n) is 3.68. The van der Waals surface area contributed by atoms with Crippen molar-refractivity contribution in [2.75, 3.05) is 43.4 Å². The van der Waals surface area contributed by atoms with Gasteiger partial charge in [-0.05, 0) is 47.8 Å². The highest BCUT2D eigenvalue weighted by atomic mass is 15.2. The number of hydrogen-bond acceptors (Lipinski definition) is 4. The SMILES string of the molecule is Nc1ccc(N2CC(CC3NCC4=C3CNC4)C2)cc1. The number of nitrogen functional groups attached to an aromatic ring is 1. The molecule has 0 spiro atoms. The molecule has 0 bridgehead atoms. The van der Waals surface area contributed by atoms with Gasteiger partial charge in [0.15, 0.2) is 0 Å². The first-order valence-electron chi connectivity index (χ1n) is 7.55. The van der Waals surface area contributed by atoms with Crippen LogP contribution in [-0.4, -0.2) is 38.8 Å². The summed E-state index contributed by atoms with van der Waals surface area (Å²) in [4.78, 5) is 2.45. The number of anilines is 2. The van der Waals surface area contributed by atoms with Crippen LogP contribution in [-0.2, 0) is 0 Å². The van der Waals surface area contributed by atoms with Crippen LogP contribution in [0.5, 0.6) is 0 Å². The largest absolute Gasteiger partial charge is 0.399 e. The molecule has 1 aromatic rings. The summed E-state index contributed by atoms with van der Waals surface area (Å²) in [6, 6.07) is 8.85. The van der Waals surface area contributed by atoms with Crippen LogP contribution in [0, 0.1) is 5.92 Å². The first-order valence-corrected chi connectivity index (χ1v) is 7.55. The predicted molar refractivity (Wildman–Crippen MR) is 82.9 cm³/mol. The molecule has 4 rings (SSSR count). The Morgan fingerprint density at radius 1 is 1.10 bits per heavy atom. The maximum absolute atomic E-state index is 5.73. The molecule has 3 aliphatic heterocycles. The number of hydrogen-bond donors (Lipinski definition) is 3. The van der Waals surface area contributed by atoms with Crippen LogP contribution < -0.4 is 21.3 Å². The normalized spacial score (nSPS) is 26.0. The van der Waals surface area contributed by atoms with Gasteiger partial charge in [0.1, 0.15) is 0 Å². The molecule has 0 aromatic heterocycles. The van der Waals surface area contributed by atoms with Crippen molar-refractivity contribution < 1.29 is 0 Å². The summed E-state index contributed by atoms with van der Waals surface area (Å²) in [6.07, 6.45) is 1.28. The molecule has 4 N–H and O–H groups in total. The lowest BCUT2D eigenvalue weighted by molar-refractivity contribution is 0.351. The minimum atomic E-state index is 0.624. The maximum Gasteiger partial charge on any atom is 0.0367 e. The van der Waals surface area contributed by atoms with Gasteiger partial charge in [0, 0.05) is 50.1 Å². The summed E-state index contributed by atoms with van der Waals surface area (Å²) >= 11 is 0. The van der Waals surface area contributed by atoms with Gasteiger partial charge in [-0.2, -0.15) is 0 Å². The molecule has 1 unspecified atom stereocenters. The third kappa shape index (κ3) is 2.09. The van der Waals surface area contributed by atoms with Gasteiger partial charge in [0.2, 0.25) is 0 Å². The first kappa shape index (κ1) is 12.2. The Morgan fingerprint density at radius 3 is 2.70 bits per heavy atom. The van der Waals surface area contributed by atoms with E-state index in [1.54, 1.807) is 11.1 Å². The van der Waals surface area contributed by atoms with Crippen LogP contribution in [0.3, 0.4) is 0 Å². The molecule has 0 amide bonds. The number of nitrogens with two attached hydrogens (primary N) is 1. The maximum atomic E-state index is 5.73. The van der Waals surface area contributed by atoms with Crippen LogP contribution in [0.15, 0.2) is 35.4 Å². The van der Waals surface area contributed by atoms with Crippen LogP contribution in [0.25, 0.3) is 0 Å². The van der Waals surface area contributed by atoms with Crippen molar-refractivity contribution in [3.63, 3.8) is 0 Å². The molecule has 1 fully saturated rings. The predicted octanol–water partition coefficient (Wildman–Crippen LogP) is 0.967. The Morgan fingerprint density at radius 2 is 1.90 bits per heavy atom. The van der Waals surface area contributed by atoms with E-state index in [4.69, 9.17) is 5.73 Å². The van der Waals surface area contributed by atoms with Crippen LogP contribution in [0.2, 0.25) is 0 Å². The van der Waals surface area contributed by atoms with Crippen molar-refractivity contribution >= 4 is 11.4 Å². The van der Waals surface area contributed by atoms with Crippen LogP contribution in [0.1, 0.15) is 6.42 Å². The molecule has 20 heavy (non-hydrogen) atoms. The van der Waals surface area contributed by atoms with Gasteiger partial charge >= 0.3 is 0 Å². The number of rotatable bonds is 3. The Bertz CT molecular complexity index is 528. The molecule has 4 heteroatoms. The van der Waals surface area contributed by atoms with E-state index in [9.17, 15) is 0 Å². The standard InChI is InChI=1S/C16H22N4/c17-13-1-3-14(4-2-13)20-9-11(10-20)5-16-15-8-18-6-12(15)7-19-16/h1-4,11,16,18-19H,5-10,17H2. The highest BCUT2D eigenvalue weighted by Gasteiger charge is 2.34. The Labute approximate surface area is 120 Å². The van der Waals surface area contributed by atoms with Gasteiger partial charge in [0.25, 0.3) is 0 Å². The van der Waals surface area contributed by atoms with Gasteiger partial charge in [-0.15, -0.1) is 0 Å². The molecule has 3 aliphatic rings. The third-order valence-electron chi connectivity index (χ3n) is 4.87. The Kier molecular flexibility index (Phi) is 2.93. The monoisotopic (exact) mass is 270 g/mol. The second-order valence-corrected chi connectivity index (χ2v) is 6.26. The summed E-state index contributed by atoms with van der Waals surface area (Å²) in [5, 5.41) is 7.14. The van der Waals surface area contributed by atoms with E-state index in [0.29, 0.717) is 6.04 Å². The zero-order valence-electron chi connectivity index (χ0n) is 11.7. The Hall–Kier alpha value is -1.52. The molecular weight excluding hydrogens is 248 g/mol. The van der Waals surface area contributed by atoms with Crippen molar-refractivity contribution in [1.82, 2.24) is 10.6 Å². The minimum Gasteiger partial charge on any atom is -0.399 e. The van der Waals surface area contributed by atoms with Gasteiger partial charge < -0.3 is 21.3 Å². The third-order valence-corrected chi connectivity index (χ3v) is 4.87. The van der Waals surface area contributed by atoms with E-state index in [0.717, 1.165) is 31.2 Å². The van der Waals surface area contributed by atoms with Crippen molar-refractivity contribution in [2.24, 2.45) is 5.92 Å². The summed E-state index contributed by atoms with van der Waals surface area (Å²) in [5.74, 6) is 0.817. The number of benzene rings is 1. The molecule has 1 atom stereocenters. The fourth-order valence-corrected chi connectivity index (χ4v) is 3.68. The Balaban J connectivity index is 1.32. The average molecular weight is 270 g/mol. The molecule has 4 nitrogen and oxygen atoms in total. The van der Waals surface area contributed by atoms with Crippen molar-refractivity contribution in [3.8, 4) is 0 Å². The average Bonchev–Trinajstić information content (AvgIpc) is 2.99. The van der Waals surface area contributed by atoms with E-state index in [-0.39, 0.29) is 0 Å². The zero-order chi connectivity index (χ0) is 13.5. The lowest BCUT2D eigenvalue weighted by Gasteiger charge is -2.42. The minimum absolute atomic E-state index is 0.624. The summed E-state index contributed by atoms with van der Waals surface area (Å²) in [7, 11) is 0. The van der Waals surface area contributed by atoms with Crippen LogP contribution in [0.4, 0.5) is 11.4 Å². The molecule has 0 radical (unpaired) electrons. The smallest absolute Gasteiger partial charge is 0.0367 e. The van der Waals surface area contributed by atoms with E-state index in [1.807, 2.05) is 12.1 Å². The molecule has 1 saturated heterocycles. The molecule has 0 saturated carbocycles. The van der Waals surface area contributed by atoms with Crippen molar-refractivity contribution in [1.29, 1.82) is 0 Å². The lowest BCUT2D eigenvalue weighted by Crippen LogP contribution is -2.49. The van der Waals surface area contributed by atoms with Crippen molar-refractivity contribution in [3.05, 3.63) is 35.4 Å². The first-order chi connectivity index (χ1) is 9.79. The highest BCUT2D eigenvalue weighted by molar-refractivity contribution is 5.54. The quantitative estimate of drug-likeness (QED) is 0.566. The lowest BCUT2D eigenvalue weighted by atomic mass is 9.89. The number of nitrogens with one attached hydrogen (secondary N) is 2. The second kappa shape index (κ2) is 4.79. The van der Waals surface area contributed by atoms with E-state index >= 15 is 0 Å². The van der Waals surface area contributed by atoms with Crippen LogP contribution >= 0.6 is 0 Å². The topological polar surface area (TPSA) is 53.3 Å². The molecule has 3 heterocycles. The highest BCUT2D eigenvalue weighted by Crippen LogP contribution is 2.31. The second-order valence-electron chi connectivity index (χ2n) is 6.26. The number of nitrogens with zero attached hydrogens (tertiary/aromatic N) is 1. The molecule has 1 aromatic carbocycles. The van der Waals surface area contributed by atoms with E-state index < -0.39 is 0 Å². The van der Waals surface area contributed by atoms with E-state index in [1.165, 1.54) is 25.2 Å². The van der Waals surface area contributed by atoms with Gasteiger partial charge in [0.05, 0.1) is 0 Å². The molecule has 106 valence electrons. The summed E-state index contributed by atoms with van der Waals surface area (Å²) in [6.45, 7) is 5.65. The molecular formula is C16H22N4. The van der Waals surface area contributed by atoms with Gasteiger partial charge in [-0.25, -0.2) is 0 Å². The summed E-state index contributed by atoms with van der Waals surface area (Å²) in [5.41, 5.74) is 11.1. The van der Waals surface area contributed by atoms with Gasteiger partial charge in [-0.3, -0.25) is 0 Å². The van der Waals surface area contributed by atoms with Gasteiger partial charge in [-0.1, -0.05) is 0 Å². The molecule has 0 aliphatic carbocycles.